The number of halogens is 1. The minimum Gasteiger partial charge on any atom is -0.497 e. The largest absolute Gasteiger partial charge is 0.497 e. The van der Waals surface area contributed by atoms with Crippen LogP contribution in [0, 0.1) is 0 Å². The van der Waals surface area contributed by atoms with Crippen molar-refractivity contribution in [1.82, 2.24) is 9.97 Å². The van der Waals surface area contributed by atoms with E-state index in [0.717, 1.165) is 27.0 Å². The molecule has 0 radical (unpaired) electrons. The molecule has 0 spiro atoms. The molecular formula is C28H20BrN3O4S. The standard InChI is InChI=1S/C28H20BrN3O4S/c1-35-20-11-9-17(10-12-20)25-16-37-28(31-25)32-26(33)15-36-27(34)22-14-24(18-5-4-6-19(29)13-18)30-23-8-3-2-7-21(22)23/h2-14,16H,15H2,1H3,(H,31,32,33). The normalized spacial score (nSPS) is 10.8. The van der Waals surface area contributed by atoms with E-state index in [-0.39, 0.29) is 0 Å². The van der Waals surface area contributed by atoms with Gasteiger partial charge in [0.05, 0.1) is 29.6 Å². The van der Waals surface area contributed by atoms with Crippen LogP contribution >= 0.6 is 27.3 Å². The first kappa shape index (κ1) is 24.6. The van der Waals surface area contributed by atoms with Crippen LogP contribution in [0.3, 0.4) is 0 Å². The Morgan fingerprint density at radius 3 is 2.51 bits per heavy atom. The van der Waals surface area contributed by atoms with Crippen LogP contribution < -0.4 is 10.1 Å². The lowest BCUT2D eigenvalue weighted by atomic mass is 10.0. The van der Waals surface area contributed by atoms with Crippen molar-refractivity contribution in [3.63, 3.8) is 0 Å². The van der Waals surface area contributed by atoms with E-state index in [9.17, 15) is 9.59 Å². The smallest absolute Gasteiger partial charge is 0.339 e. The van der Waals surface area contributed by atoms with Crippen molar-refractivity contribution in [2.45, 2.75) is 0 Å². The minimum absolute atomic E-state index is 0.337. The van der Waals surface area contributed by atoms with Crippen molar-refractivity contribution >= 4 is 55.2 Å². The summed E-state index contributed by atoms with van der Waals surface area (Å²) >= 11 is 4.76. The Bertz CT molecular complexity index is 1600. The molecule has 0 unspecified atom stereocenters. The Morgan fingerprint density at radius 1 is 0.919 bits per heavy atom. The average molecular weight is 574 g/mol. The number of para-hydroxylation sites is 1. The van der Waals surface area contributed by atoms with E-state index in [1.165, 1.54) is 11.3 Å². The molecule has 0 bridgehead atoms. The number of ether oxygens (including phenoxy) is 2. The van der Waals surface area contributed by atoms with Crippen LogP contribution in [-0.2, 0) is 9.53 Å². The van der Waals surface area contributed by atoms with Crippen molar-refractivity contribution in [1.29, 1.82) is 0 Å². The third-order valence-corrected chi connectivity index (χ3v) is 6.78. The van der Waals surface area contributed by atoms with Gasteiger partial charge >= 0.3 is 5.97 Å². The number of methoxy groups -OCH3 is 1. The van der Waals surface area contributed by atoms with Gasteiger partial charge in [0.1, 0.15) is 5.75 Å². The number of carbonyl (C=O) groups is 2. The fourth-order valence-electron chi connectivity index (χ4n) is 3.73. The highest BCUT2D eigenvalue weighted by Gasteiger charge is 2.17. The fourth-order valence-corrected chi connectivity index (χ4v) is 4.86. The van der Waals surface area contributed by atoms with Gasteiger partial charge in [-0.15, -0.1) is 11.3 Å². The predicted octanol–water partition coefficient (Wildman–Crippen LogP) is 6.59. The summed E-state index contributed by atoms with van der Waals surface area (Å²) in [6.45, 7) is -0.445. The Hall–Kier alpha value is -4.08. The van der Waals surface area contributed by atoms with Gasteiger partial charge in [-0.25, -0.2) is 14.8 Å². The number of esters is 1. The lowest BCUT2D eigenvalue weighted by molar-refractivity contribution is -0.119. The van der Waals surface area contributed by atoms with Gasteiger partial charge < -0.3 is 9.47 Å². The maximum atomic E-state index is 13.0. The molecule has 7 nitrogen and oxygen atoms in total. The van der Waals surface area contributed by atoms with E-state index < -0.39 is 18.5 Å². The summed E-state index contributed by atoms with van der Waals surface area (Å²) in [5, 5.41) is 5.60. The molecular weight excluding hydrogens is 554 g/mol. The molecule has 2 aromatic heterocycles. The number of carbonyl (C=O) groups excluding carboxylic acids is 2. The number of fused-ring (bicyclic) bond motifs is 1. The summed E-state index contributed by atoms with van der Waals surface area (Å²) in [6, 6.07) is 24.1. The second kappa shape index (κ2) is 10.9. The van der Waals surface area contributed by atoms with Gasteiger partial charge in [0.25, 0.3) is 5.91 Å². The lowest BCUT2D eigenvalue weighted by Crippen LogP contribution is -2.21. The Kier molecular flexibility index (Phi) is 7.25. The summed E-state index contributed by atoms with van der Waals surface area (Å²) in [7, 11) is 1.61. The highest BCUT2D eigenvalue weighted by molar-refractivity contribution is 9.10. The van der Waals surface area contributed by atoms with Gasteiger partial charge in [-0.1, -0.05) is 46.3 Å². The molecule has 0 atom stereocenters. The van der Waals surface area contributed by atoms with Crippen LogP contribution in [0.4, 0.5) is 5.13 Å². The third-order valence-electron chi connectivity index (χ3n) is 5.53. The number of nitrogens with one attached hydrogen (secondary N) is 1. The fraction of sp³-hybridized carbons (Fsp3) is 0.0714. The molecule has 1 N–H and O–H groups in total. The number of nitrogens with zero attached hydrogens (tertiary/aromatic N) is 2. The Morgan fingerprint density at radius 2 is 1.73 bits per heavy atom. The van der Waals surface area contributed by atoms with Crippen LogP contribution in [0.25, 0.3) is 33.4 Å². The van der Waals surface area contributed by atoms with Gasteiger partial charge in [0.2, 0.25) is 0 Å². The van der Waals surface area contributed by atoms with E-state index >= 15 is 0 Å². The monoisotopic (exact) mass is 573 g/mol. The van der Waals surface area contributed by atoms with Crippen molar-refractivity contribution in [3.05, 3.63) is 94.3 Å². The van der Waals surface area contributed by atoms with Crippen LogP contribution in [0.2, 0.25) is 0 Å². The maximum absolute atomic E-state index is 13.0. The number of amides is 1. The number of aromatic nitrogens is 2. The summed E-state index contributed by atoms with van der Waals surface area (Å²) in [5.74, 6) is -0.335. The van der Waals surface area contributed by atoms with Crippen molar-refractivity contribution < 1.29 is 19.1 Å². The van der Waals surface area contributed by atoms with Crippen molar-refractivity contribution in [2.75, 3.05) is 19.0 Å². The molecule has 0 aliphatic heterocycles. The third kappa shape index (κ3) is 5.68. The summed E-state index contributed by atoms with van der Waals surface area (Å²) in [5.41, 5.74) is 4.10. The highest BCUT2D eigenvalue weighted by Crippen LogP contribution is 2.28. The molecule has 0 saturated heterocycles. The molecule has 9 heteroatoms. The number of hydrogen-bond acceptors (Lipinski definition) is 7. The SMILES string of the molecule is COc1ccc(-c2csc(NC(=O)COC(=O)c3cc(-c4cccc(Br)c4)nc4ccccc34)n2)cc1. The van der Waals surface area contributed by atoms with E-state index in [1.807, 2.05) is 72.1 Å². The maximum Gasteiger partial charge on any atom is 0.339 e. The van der Waals surface area contributed by atoms with Crippen molar-refractivity contribution in [3.8, 4) is 28.3 Å². The van der Waals surface area contributed by atoms with E-state index in [0.29, 0.717) is 27.3 Å². The van der Waals surface area contributed by atoms with Crippen LogP contribution in [0.15, 0.2) is 88.7 Å². The minimum atomic E-state index is -0.608. The molecule has 0 aliphatic rings. The Labute approximate surface area is 225 Å². The number of pyridine rings is 1. The zero-order valence-electron chi connectivity index (χ0n) is 19.6. The average Bonchev–Trinajstić information content (AvgIpc) is 3.39. The molecule has 37 heavy (non-hydrogen) atoms. The Balaban J connectivity index is 1.29. The highest BCUT2D eigenvalue weighted by atomic mass is 79.9. The van der Waals surface area contributed by atoms with Gasteiger partial charge in [0.15, 0.2) is 11.7 Å². The molecule has 1 amide bonds. The first-order valence-electron chi connectivity index (χ1n) is 11.2. The lowest BCUT2D eigenvalue weighted by Gasteiger charge is -2.10. The quantitative estimate of drug-likeness (QED) is 0.221. The van der Waals surface area contributed by atoms with E-state index in [2.05, 4.69) is 26.2 Å². The van der Waals surface area contributed by atoms with E-state index in [1.54, 1.807) is 19.2 Å². The summed E-state index contributed by atoms with van der Waals surface area (Å²) < 4.78 is 11.5. The molecule has 0 aliphatic carbocycles. The van der Waals surface area contributed by atoms with Crippen LogP contribution in [0.1, 0.15) is 10.4 Å². The zero-order chi connectivity index (χ0) is 25.8. The number of hydrogen-bond donors (Lipinski definition) is 1. The first-order chi connectivity index (χ1) is 18.0. The number of benzene rings is 3. The number of rotatable bonds is 7. The second-order valence-corrected chi connectivity index (χ2v) is 9.75. The van der Waals surface area contributed by atoms with Gasteiger partial charge in [-0.05, 0) is 48.5 Å². The summed E-state index contributed by atoms with van der Waals surface area (Å²) in [6.07, 6.45) is 0. The number of anilines is 1. The second-order valence-electron chi connectivity index (χ2n) is 7.97. The molecule has 184 valence electrons. The topological polar surface area (TPSA) is 90.4 Å². The van der Waals surface area contributed by atoms with Gasteiger partial charge in [0, 0.05) is 26.4 Å². The molecule has 5 aromatic rings. The molecule has 2 heterocycles. The van der Waals surface area contributed by atoms with Crippen molar-refractivity contribution in [2.24, 2.45) is 0 Å². The zero-order valence-corrected chi connectivity index (χ0v) is 22.0. The molecule has 5 rings (SSSR count). The van der Waals surface area contributed by atoms with Crippen LogP contribution in [0.5, 0.6) is 5.75 Å². The van der Waals surface area contributed by atoms with Gasteiger partial charge in [-0.3, -0.25) is 10.1 Å². The predicted molar refractivity (Wildman–Crippen MR) is 148 cm³/mol. The van der Waals surface area contributed by atoms with E-state index in [4.69, 9.17) is 14.5 Å². The molecule has 3 aromatic carbocycles. The van der Waals surface area contributed by atoms with Crippen LogP contribution in [-0.4, -0.2) is 35.6 Å². The number of thiazole rings is 1. The summed E-state index contributed by atoms with van der Waals surface area (Å²) in [4.78, 5) is 34.7. The first-order valence-corrected chi connectivity index (χ1v) is 12.9. The van der Waals surface area contributed by atoms with Gasteiger partial charge in [-0.2, -0.15) is 0 Å². The molecule has 0 saturated carbocycles. The molecule has 0 fully saturated rings.